The second-order valence-electron chi connectivity index (χ2n) is 14.0. The van der Waals surface area contributed by atoms with Crippen LogP contribution >= 0.6 is 11.3 Å². The van der Waals surface area contributed by atoms with Gasteiger partial charge in [0.25, 0.3) is 0 Å². The van der Waals surface area contributed by atoms with Crippen LogP contribution in [0.4, 0.5) is 17.1 Å². The minimum absolute atomic E-state index is 0.907. The standard InChI is InChI=1S/C52H33NOS/c1-2-17-39-34(13-1)14-10-21-40(39)36-15-9-16-37(33-36)41-18-3-6-24-46(41)53(47-25-12-28-50-51(47)45-20-5-8-27-49(45)55-50)38-31-29-35(30-32-38)42-22-11-23-44-43-19-4-7-26-48(43)54-52(42)44/h1-33H. The Morgan fingerprint density at radius 2 is 0.982 bits per heavy atom. The number of fused-ring (bicyclic) bond motifs is 7. The smallest absolute Gasteiger partial charge is 0.143 e. The van der Waals surface area contributed by atoms with E-state index in [2.05, 4.69) is 193 Å². The van der Waals surface area contributed by atoms with Crippen LogP contribution in [0.25, 0.3) is 86.3 Å². The first kappa shape index (κ1) is 31.6. The molecule has 0 N–H and O–H groups in total. The van der Waals surface area contributed by atoms with Crippen molar-refractivity contribution in [2.24, 2.45) is 0 Å². The SMILES string of the molecule is c1cc(-c2ccccc2N(c2ccc(-c3cccc4c3oc3ccccc34)cc2)c2cccc3sc4ccccc4c23)cc(-c2cccc3ccccc23)c1. The Labute approximate surface area is 322 Å². The lowest BCUT2D eigenvalue weighted by Gasteiger charge is -2.29. The number of hydrogen-bond acceptors (Lipinski definition) is 3. The Balaban J connectivity index is 1.10. The molecule has 258 valence electrons. The van der Waals surface area contributed by atoms with E-state index in [-0.39, 0.29) is 0 Å². The fraction of sp³-hybridized carbons (Fsp3) is 0. The summed E-state index contributed by atoms with van der Waals surface area (Å²) in [5, 5.41) is 7.30. The van der Waals surface area contributed by atoms with Gasteiger partial charge >= 0.3 is 0 Å². The van der Waals surface area contributed by atoms with E-state index >= 15 is 0 Å². The monoisotopic (exact) mass is 719 g/mol. The van der Waals surface area contributed by atoms with Crippen molar-refractivity contribution in [1.29, 1.82) is 0 Å². The minimum atomic E-state index is 0.907. The van der Waals surface area contributed by atoms with Crippen molar-refractivity contribution in [1.82, 2.24) is 0 Å². The van der Waals surface area contributed by atoms with Gasteiger partial charge in [-0.2, -0.15) is 0 Å². The van der Waals surface area contributed by atoms with Crippen LogP contribution in [0.15, 0.2) is 205 Å². The van der Waals surface area contributed by atoms with Gasteiger partial charge in [-0.3, -0.25) is 0 Å². The third kappa shape index (κ3) is 5.24. The fourth-order valence-electron chi connectivity index (χ4n) is 8.36. The van der Waals surface area contributed by atoms with E-state index in [0.717, 1.165) is 55.7 Å². The van der Waals surface area contributed by atoms with E-state index in [0.29, 0.717) is 0 Å². The summed E-state index contributed by atoms with van der Waals surface area (Å²) in [6.07, 6.45) is 0. The fourth-order valence-corrected chi connectivity index (χ4v) is 9.49. The second kappa shape index (κ2) is 12.9. The molecule has 2 aromatic heterocycles. The first-order valence-electron chi connectivity index (χ1n) is 18.7. The number of anilines is 3. The van der Waals surface area contributed by atoms with E-state index in [1.807, 2.05) is 23.5 Å². The van der Waals surface area contributed by atoms with Gasteiger partial charge in [-0.05, 0) is 81.6 Å². The quantitative estimate of drug-likeness (QED) is 0.170. The third-order valence-electron chi connectivity index (χ3n) is 10.9. The molecule has 11 rings (SSSR count). The summed E-state index contributed by atoms with van der Waals surface area (Å²) in [5.41, 5.74) is 12.1. The normalized spacial score (nSPS) is 11.6. The maximum atomic E-state index is 6.46. The van der Waals surface area contributed by atoms with E-state index in [4.69, 9.17) is 4.42 Å². The Bertz CT molecular complexity index is 3220. The molecule has 9 aromatic carbocycles. The zero-order valence-electron chi connectivity index (χ0n) is 29.8. The summed E-state index contributed by atoms with van der Waals surface area (Å²) in [7, 11) is 0. The number of nitrogens with zero attached hydrogens (tertiary/aromatic N) is 1. The van der Waals surface area contributed by atoms with Crippen LogP contribution in [-0.4, -0.2) is 0 Å². The Hall–Kier alpha value is -6.94. The van der Waals surface area contributed by atoms with Gasteiger partial charge in [-0.25, -0.2) is 0 Å². The molecule has 0 fully saturated rings. The molecule has 0 amide bonds. The van der Waals surface area contributed by atoms with Crippen LogP contribution < -0.4 is 4.90 Å². The minimum Gasteiger partial charge on any atom is -0.455 e. The second-order valence-corrected chi connectivity index (χ2v) is 15.1. The molecule has 0 bridgehead atoms. The molecule has 0 unspecified atom stereocenters. The van der Waals surface area contributed by atoms with Crippen LogP contribution in [0, 0.1) is 0 Å². The van der Waals surface area contributed by atoms with E-state index in [9.17, 15) is 0 Å². The molecule has 0 saturated carbocycles. The Morgan fingerprint density at radius 3 is 1.89 bits per heavy atom. The molecule has 0 aliphatic carbocycles. The zero-order chi connectivity index (χ0) is 36.3. The van der Waals surface area contributed by atoms with Gasteiger partial charge in [0.15, 0.2) is 0 Å². The molecule has 0 aliphatic heterocycles. The third-order valence-corrected chi connectivity index (χ3v) is 12.0. The van der Waals surface area contributed by atoms with Crippen molar-refractivity contribution in [3.05, 3.63) is 200 Å². The predicted molar refractivity (Wildman–Crippen MR) is 235 cm³/mol. The Morgan fingerprint density at radius 1 is 0.382 bits per heavy atom. The first-order valence-corrected chi connectivity index (χ1v) is 19.5. The van der Waals surface area contributed by atoms with E-state index in [1.165, 1.54) is 47.6 Å². The number of furan rings is 1. The number of thiophene rings is 1. The summed E-state index contributed by atoms with van der Waals surface area (Å²) in [5.74, 6) is 0. The highest BCUT2D eigenvalue weighted by Crippen LogP contribution is 2.48. The summed E-state index contributed by atoms with van der Waals surface area (Å²) in [4.78, 5) is 2.45. The number of benzene rings is 9. The largest absolute Gasteiger partial charge is 0.455 e. The Kier molecular flexibility index (Phi) is 7.39. The van der Waals surface area contributed by atoms with Crippen LogP contribution in [0.2, 0.25) is 0 Å². The van der Waals surface area contributed by atoms with Crippen LogP contribution in [0.5, 0.6) is 0 Å². The van der Waals surface area contributed by atoms with Gasteiger partial charge in [0.05, 0.1) is 11.4 Å². The molecule has 2 nitrogen and oxygen atoms in total. The molecule has 3 heteroatoms. The van der Waals surface area contributed by atoms with E-state index in [1.54, 1.807) is 0 Å². The molecule has 0 atom stereocenters. The predicted octanol–water partition coefficient (Wildman–Crippen LogP) is 15.6. The number of hydrogen-bond donors (Lipinski definition) is 0. The lowest BCUT2D eigenvalue weighted by atomic mass is 9.94. The highest BCUT2D eigenvalue weighted by Gasteiger charge is 2.22. The molecule has 11 aromatic rings. The summed E-state index contributed by atoms with van der Waals surface area (Å²) in [6, 6.07) is 72.2. The molecule has 0 spiro atoms. The molecular weight excluding hydrogens is 687 g/mol. The van der Waals surface area contributed by atoms with Crippen molar-refractivity contribution in [2.75, 3.05) is 4.90 Å². The van der Waals surface area contributed by atoms with Crippen molar-refractivity contribution in [3.8, 4) is 33.4 Å². The average molecular weight is 720 g/mol. The van der Waals surface area contributed by atoms with E-state index < -0.39 is 0 Å². The topological polar surface area (TPSA) is 16.4 Å². The molecule has 0 saturated heterocycles. The van der Waals surface area contributed by atoms with Gasteiger partial charge in [-0.1, -0.05) is 152 Å². The molecule has 0 aliphatic rings. The molecular formula is C52H33NOS. The summed E-state index contributed by atoms with van der Waals surface area (Å²) < 4.78 is 9.01. The van der Waals surface area contributed by atoms with Crippen molar-refractivity contribution in [2.45, 2.75) is 0 Å². The molecule has 2 heterocycles. The van der Waals surface area contributed by atoms with Gasteiger partial charge in [-0.15, -0.1) is 11.3 Å². The van der Waals surface area contributed by atoms with Crippen LogP contribution in [0.1, 0.15) is 0 Å². The van der Waals surface area contributed by atoms with Crippen LogP contribution in [0.3, 0.4) is 0 Å². The maximum absolute atomic E-state index is 6.46. The van der Waals surface area contributed by atoms with Crippen molar-refractivity contribution in [3.63, 3.8) is 0 Å². The highest BCUT2D eigenvalue weighted by molar-refractivity contribution is 7.26. The maximum Gasteiger partial charge on any atom is 0.143 e. The van der Waals surface area contributed by atoms with Gasteiger partial charge in [0.1, 0.15) is 11.2 Å². The van der Waals surface area contributed by atoms with Crippen molar-refractivity contribution < 1.29 is 4.42 Å². The first-order chi connectivity index (χ1) is 27.3. The number of rotatable bonds is 6. The van der Waals surface area contributed by atoms with Gasteiger partial charge < -0.3 is 9.32 Å². The zero-order valence-corrected chi connectivity index (χ0v) is 30.6. The molecule has 55 heavy (non-hydrogen) atoms. The lowest BCUT2D eigenvalue weighted by molar-refractivity contribution is 0.670. The average Bonchev–Trinajstić information content (AvgIpc) is 3.83. The highest BCUT2D eigenvalue weighted by atomic mass is 32.1. The van der Waals surface area contributed by atoms with Gasteiger partial charge in [0, 0.05) is 47.8 Å². The number of para-hydroxylation sites is 3. The van der Waals surface area contributed by atoms with Crippen molar-refractivity contribution >= 4 is 81.3 Å². The van der Waals surface area contributed by atoms with Crippen LogP contribution in [-0.2, 0) is 0 Å². The van der Waals surface area contributed by atoms with Gasteiger partial charge in [0.2, 0.25) is 0 Å². The summed E-state index contributed by atoms with van der Waals surface area (Å²) in [6.45, 7) is 0. The lowest BCUT2D eigenvalue weighted by Crippen LogP contribution is -2.11. The summed E-state index contributed by atoms with van der Waals surface area (Å²) >= 11 is 1.85. The molecule has 0 radical (unpaired) electrons.